The molecule has 0 amide bonds. The van der Waals surface area contributed by atoms with Crippen LogP contribution in [-0.2, 0) is 0 Å². The maximum Gasteiger partial charge on any atom is 0.163 e. The molecule has 1 aliphatic carbocycles. The Balaban J connectivity index is 2.09. The molecule has 1 saturated carbocycles. The Morgan fingerprint density at radius 2 is 2.25 bits per heavy atom. The molecule has 2 nitrogen and oxygen atoms in total. The van der Waals surface area contributed by atoms with Gasteiger partial charge in [-0.3, -0.25) is 4.79 Å². The summed E-state index contributed by atoms with van der Waals surface area (Å²) in [6, 6.07) is 5.56. The highest BCUT2D eigenvalue weighted by Gasteiger charge is 2.25. The predicted molar refractivity (Wildman–Crippen MR) is 67.0 cm³/mol. The second-order valence-corrected chi connectivity index (χ2v) is 5.00. The molecule has 1 aromatic rings. The molecular formula is C13H15BrO2. The van der Waals surface area contributed by atoms with Crippen LogP contribution < -0.4 is 4.74 Å². The molecule has 0 heterocycles. The van der Waals surface area contributed by atoms with Crippen molar-refractivity contribution in [2.45, 2.75) is 26.2 Å². The fraction of sp³-hybridized carbons (Fsp3) is 0.462. The van der Waals surface area contributed by atoms with E-state index in [1.165, 1.54) is 12.8 Å². The van der Waals surface area contributed by atoms with Gasteiger partial charge in [-0.25, -0.2) is 0 Å². The molecule has 0 aliphatic heterocycles. The fourth-order valence-corrected chi connectivity index (χ4v) is 2.14. The third kappa shape index (κ3) is 2.85. The van der Waals surface area contributed by atoms with E-state index in [0.717, 1.165) is 15.8 Å². The van der Waals surface area contributed by atoms with Crippen molar-refractivity contribution in [2.75, 3.05) is 6.61 Å². The zero-order valence-electron chi connectivity index (χ0n) is 9.33. The average molecular weight is 283 g/mol. The molecule has 16 heavy (non-hydrogen) atoms. The van der Waals surface area contributed by atoms with Crippen LogP contribution in [0.15, 0.2) is 22.7 Å². The topological polar surface area (TPSA) is 26.3 Å². The lowest BCUT2D eigenvalue weighted by molar-refractivity contribution is 0.0976. The number of carbonyl (C=O) groups is 1. The van der Waals surface area contributed by atoms with Crippen LogP contribution in [0.3, 0.4) is 0 Å². The summed E-state index contributed by atoms with van der Waals surface area (Å²) in [7, 11) is 0. The molecule has 0 radical (unpaired) electrons. The number of hydrogen-bond donors (Lipinski definition) is 0. The molecule has 2 rings (SSSR count). The second-order valence-electron chi connectivity index (χ2n) is 4.15. The molecule has 1 aliphatic rings. The van der Waals surface area contributed by atoms with Crippen molar-refractivity contribution >= 4 is 21.7 Å². The van der Waals surface area contributed by atoms with Gasteiger partial charge in [0, 0.05) is 12.0 Å². The summed E-state index contributed by atoms with van der Waals surface area (Å²) < 4.78 is 6.26. The van der Waals surface area contributed by atoms with Crippen LogP contribution in [0.1, 0.15) is 36.5 Å². The summed E-state index contributed by atoms with van der Waals surface area (Å²) >= 11 is 3.42. The molecule has 0 spiro atoms. The predicted octanol–water partition coefficient (Wildman–Crippen LogP) is 3.83. The molecule has 0 bridgehead atoms. The van der Waals surface area contributed by atoms with Gasteiger partial charge in [-0.05, 0) is 59.8 Å². The number of carbonyl (C=O) groups excluding carboxylic acids is 1. The van der Waals surface area contributed by atoms with E-state index >= 15 is 0 Å². The van der Waals surface area contributed by atoms with E-state index in [0.29, 0.717) is 18.9 Å². The van der Waals surface area contributed by atoms with Gasteiger partial charge in [0.25, 0.3) is 0 Å². The minimum atomic E-state index is 0.242. The number of halogens is 1. The summed E-state index contributed by atoms with van der Waals surface area (Å²) in [5, 5.41) is 0. The van der Waals surface area contributed by atoms with E-state index in [-0.39, 0.29) is 5.78 Å². The first-order valence-electron chi connectivity index (χ1n) is 5.66. The molecule has 0 unspecified atom stereocenters. The Bertz CT molecular complexity index is 397. The van der Waals surface area contributed by atoms with Crippen molar-refractivity contribution in [3.8, 4) is 5.75 Å². The number of Topliss-reactive ketones (excluding diaryl/α,β-unsaturated/α-hetero) is 1. The van der Waals surface area contributed by atoms with Gasteiger partial charge in [0.1, 0.15) is 5.75 Å². The van der Waals surface area contributed by atoms with Crippen molar-refractivity contribution in [1.82, 2.24) is 0 Å². The van der Waals surface area contributed by atoms with Gasteiger partial charge < -0.3 is 4.74 Å². The lowest BCUT2D eigenvalue weighted by Crippen LogP contribution is -2.01. The summed E-state index contributed by atoms with van der Waals surface area (Å²) in [5.41, 5.74) is 0.780. The van der Waals surface area contributed by atoms with Crippen LogP contribution in [0.5, 0.6) is 5.75 Å². The van der Waals surface area contributed by atoms with E-state index < -0.39 is 0 Å². The number of ether oxygens (including phenoxy) is 1. The van der Waals surface area contributed by atoms with Crippen molar-refractivity contribution in [1.29, 1.82) is 0 Å². The molecule has 0 atom stereocenters. The van der Waals surface area contributed by atoms with Crippen molar-refractivity contribution < 1.29 is 9.53 Å². The Morgan fingerprint density at radius 1 is 1.50 bits per heavy atom. The molecule has 86 valence electrons. The van der Waals surface area contributed by atoms with Crippen LogP contribution in [-0.4, -0.2) is 12.4 Å². The Kier molecular flexibility index (Phi) is 3.64. The number of hydrogen-bond acceptors (Lipinski definition) is 2. The van der Waals surface area contributed by atoms with E-state index in [2.05, 4.69) is 15.9 Å². The fourth-order valence-electron chi connectivity index (χ4n) is 1.65. The van der Waals surface area contributed by atoms with Gasteiger partial charge in [-0.2, -0.15) is 0 Å². The first-order chi connectivity index (χ1) is 7.70. The maximum absolute atomic E-state index is 11.9. The highest BCUT2D eigenvalue weighted by Crippen LogP contribution is 2.34. The molecule has 0 N–H and O–H groups in total. The van der Waals surface area contributed by atoms with Crippen molar-refractivity contribution in [3.63, 3.8) is 0 Å². The standard InChI is InChI=1S/C13H15BrO2/c1-2-16-13-6-5-10(8-11(13)14)12(15)7-9-3-4-9/h5-6,8-9H,2-4,7H2,1H3. The zero-order valence-corrected chi connectivity index (χ0v) is 10.9. The van der Waals surface area contributed by atoms with E-state index in [9.17, 15) is 4.79 Å². The smallest absolute Gasteiger partial charge is 0.163 e. The quantitative estimate of drug-likeness (QED) is 0.768. The highest BCUT2D eigenvalue weighted by atomic mass is 79.9. The lowest BCUT2D eigenvalue weighted by Gasteiger charge is -2.07. The van der Waals surface area contributed by atoms with Crippen LogP contribution in [0.25, 0.3) is 0 Å². The molecule has 3 heteroatoms. The van der Waals surface area contributed by atoms with Crippen molar-refractivity contribution in [3.05, 3.63) is 28.2 Å². The normalized spacial score (nSPS) is 14.9. The van der Waals surface area contributed by atoms with Crippen LogP contribution in [0.2, 0.25) is 0 Å². The second kappa shape index (κ2) is 5.00. The Labute approximate surface area is 104 Å². The minimum absolute atomic E-state index is 0.242. The van der Waals surface area contributed by atoms with Gasteiger partial charge in [-0.15, -0.1) is 0 Å². The first-order valence-corrected chi connectivity index (χ1v) is 6.45. The highest BCUT2D eigenvalue weighted by molar-refractivity contribution is 9.10. The van der Waals surface area contributed by atoms with E-state index in [4.69, 9.17) is 4.74 Å². The molecule has 0 aromatic heterocycles. The molecule has 1 aromatic carbocycles. The third-order valence-corrected chi connectivity index (χ3v) is 3.34. The van der Waals surface area contributed by atoms with Crippen LogP contribution >= 0.6 is 15.9 Å². The van der Waals surface area contributed by atoms with Crippen molar-refractivity contribution in [2.24, 2.45) is 5.92 Å². The van der Waals surface area contributed by atoms with Gasteiger partial charge in [0.2, 0.25) is 0 Å². The van der Waals surface area contributed by atoms with Gasteiger partial charge in [-0.1, -0.05) is 0 Å². The third-order valence-electron chi connectivity index (χ3n) is 2.72. The summed E-state index contributed by atoms with van der Waals surface area (Å²) in [6.07, 6.45) is 3.12. The molecular weight excluding hydrogens is 268 g/mol. The Hall–Kier alpha value is -0.830. The SMILES string of the molecule is CCOc1ccc(C(=O)CC2CC2)cc1Br. The average Bonchev–Trinajstić information content (AvgIpc) is 3.05. The van der Waals surface area contributed by atoms with Gasteiger partial charge >= 0.3 is 0 Å². The van der Waals surface area contributed by atoms with Crippen LogP contribution in [0.4, 0.5) is 0 Å². The zero-order chi connectivity index (χ0) is 11.5. The number of rotatable bonds is 5. The Morgan fingerprint density at radius 3 is 2.81 bits per heavy atom. The van der Waals surface area contributed by atoms with Crippen LogP contribution in [0, 0.1) is 5.92 Å². The van der Waals surface area contributed by atoms with Gasteiger partial charge in [0.05, 0.1) is 11.1 Å². The summed E-state index contributed by atoms with van der Waals surface area (Å²) in [6.45, 7) is 2.58. The monoisotopic (exact) mass is 282 g/mol. The maximum atomic E-state index is 11.9. The lowest BCUT2D eigenvalue weighted by atomic mass is 10.1. The van der Waals surface area contributed by atoms with E-state index in [1.807, 2.05) is 25.1 Å². The molecule has 1 fully saturated rings. The van der Waals surface area contributed by atoms with Gasteiger partial charge in [0.15, 0.2) is 5.78 Å². The number of benzene rings is 1. The molecule has 0 saturated heterocycles. The summed E-state index contributed by atoms with van der Waals surface area (Å²) in [5.74, 6) is 1.68. The number of ketones is 1. The van der Waals surface area contributed by atoms with E-state index in [1.54, 1.807) is 0 Å². The summed E-state index contributed by atoms with van der Waals surface area (Å²) in [4.78, 5) is 11.9. The largest absolute Gasteiger partial charge is 0.493 e. The first kappa shape index (κ1) is 11.6. The minimum Gasteiger partial charge on any atom is -0.493 e.